The Bertz CT molecular complexity index is 876. The first kappa shape index (κ1) is 18.4. The van der Waals surface area contributed by atoms with Crippen LogP contribution in [0.4, 0.5) is 17.3 Å². The van der Waals surface area contributed by atoms with Gasteiger partial charge in [-0.05, 0) is 61.4 Å². The van der Waals surface area contributed by atoms with Crippen LogP contribution in [0.1, 0.15) is 17.5 Å². The van der Waals surface area contributed by atoms with Crippen LogP contribution in [0.15, 0.2) is 60.7 Å². The molecule has 1 amide bonds. The lowest BCUT2D eigenvalue weighted by molar-refractivity contribution is -0.116. The van der Waals surface area contributed by atoms with Crippen LogP contribution < -0.4 is 15.4 Å². The molecular weight excluding hydrogens is 340 g/mol. The minimum absolute atomic E-state index is 0.171. The molecule has 0 saturated carbocycles. The zero-order valence-corrected chi connectivity index (χ0v) is 15.4. The fourth-order valence-electron chi connectivity index (χ4n) is 2.64. The number of nitrogens with one attached hydrogen (secondary N) is 2. The summed E-state index contributed by atoms with van der Waals surface area (Å²) < 4.78 is 5.51. The molecule has 2 aromatic carbocycles. The lowest BCUT2D eigenvalue weighted by Crippen LogP contribution is -2.16. The van der Waals surface area contributed by atoms with Crippen molar-refractivity contribution in [2.75, 3.05) is 17.2 Å². The van der Waals surface area contributed by atoms with Gasteiger partial charge in [-0.15, -0.1) is 10.2 Å². The highest BCUT2D eigenvalue weighted by Crippen LogP contribution is 2.18. The smallest absolute Gasteiger partial charge is 0.229 e. The normalized spacial score (nSPS) is 10.3. The Morgan fingerprint density at radius 3 is 2.26 bits per heavy atom. The fourth-order valence-corrected chi connectivity index (χ4v) is 2.64. The number of nitrogens with zero attached hydrogens (tertiary/aromatic N) is 2. The Labute approximate surface area is 158 Å². The van der Waals surface area contributed by atoms with Crippen LogP contribution >= 0.6 is 0 Å². The van der Waals surface area contributed by atoms with Crippen LogP contribution in [-0.2, 0) is 4.79 Å². The van der Waals surface area contributed by atoms with E-state index in [1.54, 1.807) is 12.1 Å². The minimum atomic E-state index is -0.171. The zero-order chi connectivity index (χ0) is 19.1. The third kappa shape index (κ3) is 5.81. The Kier molecular flexibility index (Phi) is 5.99. The van der Waals surface area contributed by atoms with Gasteiger partial charge < -0.3 is 15.4 Å². The van der Waals surface area contributed by atoms with Crippen molar-refractivity contribution in [3.63, 3.8) is 0 Å². The van der Waals surface area contributed by atoms with Crippen molar-refractivity contribution in [3.05, 3.63) is 71.8 Å². The van der Waals surface area contributed by atoms with Gasteiger partial charge in [-0.2, -0.15) is 0 Å². The number of amides is 1. The summed E-state index contributed by atoms with van der Waals surface area (Å²) in [4.78, 5) is 12.0. The highest BCUT2D eigenvalue weighted by atomic mass is 16.5. The van der Waals surface area contributed by atoms with E-state index in [4.69, 9.17) is 4.74 Å². The number of carbonyl (C=O) groups is 1. The lowest BCUT2D eigenvalue weighted by atomic mass is 10.1. The number of para-hydroxylation sites is 1. The van der Waals surface area contributed by atoms with Crippen molar-refractivity contribution >= 4 is 23.2 Å². The molecule has 1 heterocycles. The number of benzene rings is 2. The van der Waals surface area contributed by atoms with Crippen molar-refractivity contribution in [2.45, 2.75) is 20.3 Å². The quantitative estimate of drug-likeness (QED) is 0.657. The summed E-state index contributed by atoms with van der Waals surface area (Å²) >= 11 is 0. The van der Waals surface area contributed by atoms with Crippen LogP contribution in [0.2, 0.25) is 0 Å². The number of hydrogen-bond acceptors (Lipinski definition) is 5. The van der Waals surface area contributed by atoms with E-state index in [9.17, 15) is 4.79 Å². The molecule has 6 nitrogen and oxygen atoms in total. The average Bonchev–Trinajstić information content (AvgIpc) is 2.63. The maximum Gasteiger partial charge on any atom is 0.229 e. The van der Waals surface area contributed by atoms with Gasteiger partial charge in [-0.3, -0.25) is 4.79 Å². The third-order valence-corrected chi connectivity index (χ3v) is 3.77. The van der Waals surface area contributed by atoms with Gasteiger partial charge in [-0.25, -0.2) is 0 Å². The average molecular weight is 362 g/mol. The largest absolute Gasteiger partial charge is 0.493 e. The third-order valence-electron chi connectivity index (χ3n) is 3.77. The fraction of sp³-hybridized carbons (Fsp3) is 0.190. The van der Waals surface area contributed by atoms with E-state index >= 15 is 0 Å². The van der Waals surface area contributed by atoms with E-state index in [1.165, 1.54) is 11.1 Å². The van der Waals surface area contributed by atoms with Crippen LogP contribution in [0.25, 0.3) is 0 Å². The molecule has 0 aliphatic heterocycles. The molecule has 0 saturated heterocycles. The van der Waals surface area contributed by atoms with Gasteiger partial charge in [0.15, 0.2) is 11.6 Å². The van der Waals surface area contributed by atoms with Gasteiger partial charge in [0, 0.05) is 5.69 Å². The lowest BCUT2D eigenvalue weighted by Gasteiger charge is -2.09. The Hall–Kier alpha value is -3.41. The molecule has 2 N–H and O–H groups in total. The van der Waals surface area contributed by atoms with Crippen LogP contribution in [0.3, 0.4) is 0 Å². The second kappa shape index (κ2) is 8.80. The number of aryl methyl sites for hydroxylation is 2. The summed E-state index contributed by atoms with van der Waals surface area (Å²) in [7, 11) is 0. The van der Waals surface area contributed by atoms with Gasteiger partial charge in [0.2, 0.25) is 5.91 Å². The Balaban J connectivity index is 1.49. The van der Waals surface area contributed by atoms with Crippen molar-refractivity contribution in [2.24, 2.45) is 0 Å². The van der Waals surface area contributed by atoms with Gasteiger partial charge in [0.25, 0.3) is 0 Å². The summed E-state index contributed by atoms with van der Waals surface area (Å²) in [5.74, 6) is 1.60. The molecule has 6 heteroatoms. The predicted octanol–water partition coefficient (Wildman–Crippen LogP) is 4.24. The Morgan fingerprint density at radius 1 is 0.926 bits per heavy atom. The maximum absolute atomic E-state index is 12.0. The topological polar surface area (TPSA) is 76.1 Å². The van der Waals surface area contributed by atoms with E-state index in [-0.39, 0.29) is 12.3 Å². The first-order valence-electron chi connectivity index (χ1n) is 8.75. The van der Waals surface area contributed by atoms with Crippen LogP contribution in [0.5, 0.6) is 5.75 Å². The number of carbonyl (C=O) groups excluding carboxylic acids is 1. The molecule has 3 aromatic rings. The van der Waals surface area contributed by atoms with Crippen LogP contribution in [0, 0.1) is 13.8 Å². The number of ether oxygens (including phenoxy) is 1. The monoisotopic (exact) mass is 362 g/mol. The van der Waals surface area contributed by atoms with Gasteiger partial charge in [0.05, 0.1) is 13.0 Å². The summed E-state index contributed by atoms with van der Waals surface area (Å²) in [5, 5.41) is 14.1. The minimum Gasteiger partial charge on any atom is -0.493 e. The van der Waals surface area contributed by atoms with E-state index in [2.05, 4.69) is 26.9 Å². The SMILES string of the molecule is Cc1cc(C)cc(Nc2ccc(NC(=O)CCOc3ccccc3)nn2)c1. The molecule has 3 rings (SSSR count). The number of aromatic nitrogens is 2. The maximum atomic E-state index is 12.0. The van der Waals surface area contributed by atoms with Crippen molar-refractivity contribution in [3.8, 4) is 5.75 Å². The van der Waals surface area contributed by atoms with E-state index in [1.807, 2.05) is 56.3 Å². The van der Waals surface area contributed by atoms with Gasteiger partial charge in [-0.1, -0.05) is 24.3 Å². The predicted molar refractivity (Wildman–Crippen MR) is 106 cm³/mol. The highest BCUT2D eigenvalue weighted by molar-refractivity contribution is 5.89. The standard InChI is InChI=1S/C21H22N4O2/c1-15-12-16(2)14-17(13-15)22-19-8-9-20(25-24-19)23-21(26)10-11-27-18-6-4-3-5-7-18/h3-9,12-14H,10-11H2,1-2H3,(H,22,24)(H,23,25,26). The summed E-state index contributed by atoms with van der Waals surface area (Å²) in [6.07, 6.45) is 0.235. The summed E-state index contributed by atoms with van der Waals surface area (Å²) in [6.45, 7) is 4.39. The molecule has 27 heavy (non-hydrogen) atoms. The van der Waals surface area contributed by atoms with E-state index in [0.717, 1.165) is 11.4 Å². The molecule has 0 bridgehead atoms. The van der Waals surface area contributed by atoms with Crippen molar-refractivity contribution < 1.29 is 9.53 Å². The van der Waals surface area contributed by atoms with Gasteiger partial charge >= 0.3 is 0 Å². The number of anilines is 3. The van der Waals surface area contributed by atoms with Gasteiger partial charge in [0.1, 0.15) is 5.75 Å². The molecule has 0 aliphatic carbocycles. The molecular formula is C21H22N4O2. The summed E-state index contributed by atoms with van der Waals surface area (Å²) in [5.41, 5.74) is 3.30. The molecule has 0 fully saturated rings. The van der Waals surface area contributed by atoms with Crippen LogP contribution in [-0.4, -0.2) is 22.7 Å². The van der Waals surface area contributed by atoms with Crippen molar-refractivity contribution in [1.82, 2.24) is 10.2 Å². The van der Waals surface area contributed by atoms with E-state index in [0.29, 0.717) is 18.2 Å². The first-order chi connectivity index (χ1) is 13.1. The second-order valence-electron chi connectivity index (χ2n) is 6.26. The Morgan fingerprint density at radius 2 is 1.59 bits per heavy atom. The molecule has 1 aromatic heterocycles. The van der Waals surface area contributed by atoms with E-state index < -0.39 is 0 Å². The zero-order valence-electron chi connectivity index (χ0n) is 15.4. The highest BCUT2D eigenvalue weighted by Gasteiger charge is 2.05. The molecule has 0 spiro atoms. The summed E-state index contributed by atoms with van der Waals surface area (Å²) in [6, 6.07) is 19.1. The molecule has 0 aliphatic rings. The molecule has 0 radical (unpaired) electrons. The number of hydrogen-bond donors (Lipinski definition) is 2. The number of rotatable bonds is 7. The molecule has 0 atom stereocenters. The second-order valence-corrected chi connectivity index (χ2v) is 6.26. The molecule has 0 unspecified atom stereocenters. The first-order valence-corrected chi connectivity index (χ1v) is 8.75. The van der Waals surface area contributed by atoms with Crippen molar-refractivity contribution in [1.29, 1.82) is 0 Å². The molecule has 138 valence electrons.